The van der Waals surface area contributed by atoms with Gasteiger partial charge in [0, 0.05) is 50.0 Å². The van der Waals surface area contributed by atoms with Gasteiger partial charge in [0.2, 0.25) is 5.91 Å². The van der Waals surface area contributed by atoms with E-state index in [0.717, 1.165) is 51.4 Å². The van der Waals surface area contributed by atoms with Crippen molar-refractivity contribution in [2.45, 2.75) is 90.4 Å². The van der Waals surface area contributed by atoms with Crippen LogP contribution in [0.3, 0.4) is 0 Å². The molecule has 0 radical (unpaired) electrons. The predicted octanol–water partition coefficient (Wildman–Crippen LogP) is 6.30. The summed E-state index contributed by atoms with van der Waals surface area (Å²) < 4.78 is 26.0. The van der Waals surface area contributed by atoms with Gasteiger partial charge in [0.05, 0.1) is 30.4 Å². The van der Waals surface area contributed by atoms with Crippen LogP contribution in [0.25, 0.3) is 0 Å². The number of ether oxygens (including phenoxy) is 2. The Bertz CT molecular complexity index is 1340. The molecule has 1 saturated carbocycles. The highest BCUT2D eigenvalue weighted by Gasteiger charge is 2.31. The number of rotatable bonds is 7. The average Bonchev–Trinajstić information content (AvgIpc) is 3.07. The fourth-order valence-corrected chi connectivity index (χ4v) is 6.18. The van der Waals surface area contributed by atoms with Gasteiger partial charge in [-0.3, -0.25) is 9.59 Å². The van der Waals surface area contributed by atoms with Crippen molar-refractivity contribution < 1.29 is 33.4 Å². The number of carbonyl (C=O) groups excluding carboxylic acids is 3. The number of fused-ring (bicyclic) bond motifs is 1. The summed E-state index contributed by atoms with van der Waals surface area (Å²) >= 11 is 0. The molecule has 258 valence electrons. The number of hydrogen-bond donors (Lipinski definition) is 3. The second-order valence-electron chi connectivity index (χ2n) is 13.2. The number of likely N-dealkylation sites (N-methyl/N-ethyl adjacent to an activating group) is 1. The molecule has 10 nitrogen and oxygen atoms in total. The van der Waals surface area contributed by atoms with E-state index in [0.29, 0.717) is 29.3 Å². The molecule has 1 fully saturated rings. The number of hydrogen-bond acceptors (Lipinski definition) is 6. The largest absolute Gasteiger partial charge is 0.490 e. The summed E-state index contributed by atoms with van der Waals surface area (Å²) in [5.74, 6) is -0.582. The highest BCUT2D eigenvalue weighted by atomic mass is 19.1. The van der Waals surface area contributed by atoms with E-state index >= 15 is 0 Å². The van der Waals surface area contributed by atoms with Gasteiger partial charge in [-0.25, -0.2) is 9.18 Å². The molecule has 1 heterocycles. The van der Waals surface area contributed by atoms with Gasteiger partial charge in [0.25, 0.3) is 5.91 Å². The first-order valence-corrected chi connectivity index (χ1v) is 17.0. The highest BCUT2D eigenvalue weighted by Crippen LogP contribution is 2.30. The van der Waals surface area contributed by atoms with Gasteiger partial charge in [-0.05, 0) is 88.4 Å². The quantitative estimate of drug-likeness (QED) is 0.322. The molecule has 0 aromatic heterocycles. The monoisotopic (exact) mass is 654 g/mol. The number of urea groups is 1. The van der Waals surface area contributed by atoms with Crippen molar-refractivity contribution in [1.29, 1.82) is 0 Å². The third-order valence-electron chi connectivity index (χ3n) is 9.19. The maximum absolute atomic E-state index is 14.3. The molecule has 2 aromatic rings. The van der Waals surface area contributed by atoms with Crippen molar-refractivity contribution in [3.8, 4) is 5.75 Å². The number of nitrogens with one attached hydrogen (secondary N) is 2. The first kappa shape index (κ1) is 36.1. The van der Waals surface area contributed by atoms with Crippen molar-refractivity contribution in [3.05, 3.63) is 53.8 Å². The number of benzene rings is 2. The van der Waals surface area contributed by atoms with Gasteiger partial charge < -0.3 is 35.0 Å². The summed E-state index contributed by atoms with van der Waals surface area (Å²) in [6, 6.07) is 9.87. The van der Waals surface area contributed by atoms with Crippen LogP contribution in [-0.2, 0) is 9.53 Å². The van der Waals surface area contributed by atoms with Gasteiger partial charge in [-0.1, -0.05) is 26.2 Å². The van der Waals surface area contributed by atoms with Crippen molar-refractivity contribution >= 4 is 29.2 Å². The molecule has 0 unspecified atom stereocenters. The molecule has 4 amide bonds. The van der Waals surface area contributed by atoms with E-state index in [-0.39, 0.29) is 55.5 Å². The zero-order valence-corrected chi connectivity index (χ0v) is 28.2. The normalized spacial score (nSPS) is 22.3. The second-order valence-corrected chi connectivity index (χ2v) is 13.2. The van der Waals surface area contributed by atoms with Crippen LogP contribution in [-0.4, -0.2) is 84.4 Å². The fourth-order valence-electron chi connectivity index (χ4n) is 6.18. The number of aliphatic hydroxyl groups excluding tert-OH is 1. The molecule has 0 saturated heterocycles. The summed E-state index contributed by atoms with van der Waals surface area (Å²) in [5, 5.41) is 16.0. The van der Waals surface area contributed by atoms with E-state index in [1.165, 1.54) is 29.2 Å². The number of anilines is 2. The molecule has 47 heavy (non-hydrogen) atoms. The third kappa shape index (κ3) is 10.4. The Morgan fingerprint density at radius 3 is 2.38 bits per heavy atom. The molecule has 11 heteroatoms. The van der Waals surface area contributed by atoms with Gasteiger partial charge >= 0.3 is 6.03 Å². The van der Waals surface area contributed by atoms with Gasteiger partial charge in [-0.2, -0.15) is 0 Å². The van der Waals surface area contributed by atoms with Crippen LogP contribution in [0.2, 0.25) is 0 Å². The Morgan fingerprint density at radius 2 is 1.68 bits per heavy atom. The maximum atomic E-state index is 14.3. The van der Waals surface area contributed by atoms with Crippen LogP contribution >= 0.6 is 0 Å². The first-order valence-electron chi connectivity index (χ1n) is 17.0. The molecule has 1 aliphatic carbocycles. The Hall–Kier alpha value is -3.70. The average molecular weight is 655 g/mol. The Morgan fingerprint density at radius 1 is 1.00 bits per heavy atom. The highest BCUT2D eigenvalue weighted by molar-refractivity contribution is 6.00. The summed E-state index contributed by atoms with van der Waals surface area (Å²) in [4.78, 5) is 43.6. The SMILES string of the molecule is C[C@@H]1CCCCO[C@@H](CN(C)C(=O)Nc2ccc(F)cc2)[C@@H](C)CN([C@@H](C)CO)C(=O)c2cc(NC(=O)C3CCCCC3)ccc2O1. The van der Waals surface area contributed by atoms with Crippen LogP contribution < -0.4 is 15.4 Å². The minimum absolute atomic E-state index is 0.0333. The summed E-state index contributed by atoms with van der Waals surface area (Å²) in [6.07, 6.45) is 6.74. The summed E-state index contributed by atoms with van der Waals surface area (Å²) in [7, 11) is 1.66. The lowest BCUT2D eigenvalue weighted by Gasteiger charge is -2.35. The molecule has 4 atom stereocenters. The molecule has 2 aliphatic rings. The van der Waals surface area contributed by atoms with E-state index < -0.39 is 18.0 Å². The molecule has 3 N–H and O–H groups in total. The van der Waals surface area contributed by atoms with Gasteiger partial charge in [0.1, 0.15) is 11.6 Å². The molecule has 0 spiro atoms. The van der Waals surface area contributed by atoms with Crippen LogP contribution in [0, 0.1) is 17.7 Å². The minimum atomic E-state index is -0.524. The fraction of sp³-hybridized carbons (Fsp3) is 0.583. The smallest absolute Gasteiger partial charge is 0.321 e. The van der Waals surface area contributed by atoms with Crippen molar-refractivity contribution in [3.63, 3.8) is 0 Å². The Balaban J connectivity index is 1.57. The van der Waals surface area contributed by atoms with Crippen molar-refractivity contribution in [2.75, 3.05) is 44.0 Å². The lowest BCUT2D eigenvalue weighted by atomic mass is 9.88. The standard InChI is InChI=1S/C36H51FN4O6/c1-24-21-41(25(2)23-42)35(44)31-20-30(38-34(43)27-11-6-5-7-12-27)17-18-32(31)47-26(3)10-8-9-19-46-33(24)22-40(4)36(45)39-29-15-13-28(37)14-16-29/h13-18,20,24-27,33,42H,5-12,19,21-23H2,1-4H3,(H,38,43)(H,39,45)/t24-,25-,26+,33-/m0/s1. The van der Waals surface area contributed by atoms with Crippen LogP contribution in [0.4, 0.5) is 20.6 Å². The Labute approximate surface area is 278 Å². The predicted molar refractivity (Wildman–Crippen MR) is 180 cm³/mol. The van der Waals surface area contributed by atoms with E-state index in [9.17, 15) is 23.9 Å². The van der Waals surface area contributed by atoms with E-state index in [4.69, 9.17) is 9.47 Å². The summed E-state index contributed by atoms with van der Waals surface area (Å²) in [5.41, 5.74) is 1.32. The van der Waals surface area contributed by atoms with Crippen LogP contribution in [0.15, 0.2) is 42.5 Å². The molecule has 0 bridgehead atoms. The van der Waals surface area contributed by atoms with E-state index in [1.54, 1.807) is 37.1 Å². The first-order chi connectivity index (χ1) is 22.5. The minimum Gasteiger partial charge on any atom is -0.490 e. The van der Waals surface area contributed by atoms with Crippen LogP contribution in [0.1, 0.15) is 82.5 Å². The van der Waals surface area contributed by atoms with E-state index in [1.807, 2.05) is 13.8 Å². The zero-order valence-electron chi connectivity index (χ0n) is 28.2. The maximum Gasteiger partial charge on any atom is 0.321 e. The zero-order chi connectivity index (χ0) is 33.9. The summed E-state index contributed by atoms with van der Waals surface area (Å²) in [6.45, 7) is 6.42. The van der Waals surface area contributed by atoms with Gasteiger partial charge in [-0.15, -0.1) is 0 Å². The number of amides is 4. The van der Waals surface area contributed by atoms with Crippen LogP contribution in [0.5, 0.6) is 5.75 Å². The van der Waals surface area contributed by atoms with Gasteiger partial charge in [0.15, 0.2) is 0 Å². The number of aliphatic hydroxyl groups is 1. The molecular formula is C36H51FN4O6. The lowest BCUT2D eigenvalue weighted by Crippen LogP contribution is -2.48. The third-order valence-corrected chi connectivity index (χ3v) is 9.19. The molecule has 4 rings (SSSR count). The second kappa shape index (κ2) is 17.5. The van der Waals surface area contributed by atoms with E-state index in [2.05, 4.69) is 10.6 Å². The molecule has 1 aliphatic heterocycles. The number of halogens is 1. The number of nitrogens with zero attached hydrogens (tertiary/aromatic N) is 2. The van der Waals surface area contributed by atoms with Crippen molar-refractivity contribution in [1.82, 2.24) is 9.80 Å². The lowest BCUT2D eigenvalue weighted by molar-refractivity contribution is -0.120. The molecular weight excluding hydrogens is 603 g/mol. The number of carbonyl (C=O) groups is 3. The Kier molecular flexibility index (Phi) is 13.4. The molecule has 2 aromatic carbocycles. The topological polar surface area (TPSA) is 120 Å². The van der Waals surface area contributed by atoms with Crippen molar-refractivity contribution in [2.24, 2.45) is 11.8 Å².